The first kappa shape index (κ1) is 13.9. The largest absolute Gasteiger partial charge is 0.508 e. The van der Waals surface area contributed by atoms with E-state index in [1.165, 1.54) is 0 Å². The third-order valence-corrected chi connectivity index (χ3v) is 2.73. The van der Waals surface area contributed by atoms with Crippen molar-refractivity contribution in [3.63, 3.8) is 0 Å². The predicted molar refractivity (Wildman–Crippen MR) is 76.9 cm³/mol. The Kier molecular flexibility index (Phi) is 4.25. The summed E-state index contributed by atoms with van der Waals surface area (Å²) < 4.78 is 10.5. The van der Waals surface area contributed by atoms with Crippen LogP contribution in [0.4, 0.5) is 0 Å². The number of aromatic hydroxyl groups is 1. The summed E-state index contributed by atoms with van der Waals surface area (Å²) in [6.07, 6.45) is 0. The Morgan fingerprint density at radius 2 is 2.00 bits per heavy atom. The molecule has 104 valence electrons. The van der Waals surface area contributed by atoms with Crippen LogP contribution in [-0.2, 0) is 9.53 Å². The molecule has 4 heteroatoms. The smallest absolute Gasteiger partial charge is 0.333 e. The fourth-order valence-corrected chi connectivity index (χ4v) is 1.79. The van der Waals surface area contributed by atoms with Gasteiger partial charge in [-0.1, -0.05) is 30.8 Å². The van der Waals surface area contributed by atoms with Crippen LogP contribution in [0.25, 0.3) is 10.8 Å². The highest BCUT2D eigenvalue weighted by Gasteiger charge is 2.06. The molecule has 0 aliphatic heterocycles. The molecule has 0 atom stereocenters. The molecule has 2 aromatic carbocycles. The maximum absolute atomic E-state index is 11.2. The van der Waals surface area contributed by atoms with Crippen molar-refractivity contribution in [1.82, 2.24) is 0 Å². The van der Waals surface area contributed by atoms with Gasteiger partial charge >= 0.3 is 5.97 Å². The van der Waals surface area contributed by atoms with Gasteiger partial charge in [-0.3, -0.25) is 0 Å². The minimum absolute atomic E-state index is 0.135. The molecule has 0 saturated carbocycles. The monoisotopic (exact) mass is 272 g/mol. The average Bonchev–Trinajstić information content (AvgIpc) is 2.42. The second-order valence-electron chi connectivity index (χ2n) is 4.43. The summed E-state index contributed by atoms with van der Waals surface area (Å²) in [4.78, 5) is 11.2. The summed E-state index contributed by atoms with van der Waals surface area (Å²) in [7, 11) is 0. The fourth-order valence-electron chi connectivity index (χ4n) is 1.79. The molecule has 0 unspecified atom stereocenters. The van der Waals surface area contributed by atoms with Gasteiger partial charge in [-0.2, -0.15) is 0 Å². The summed E-state index contributed by atoms with van der Waals surface area (Å²) in [5.74, 6) is 0.263. The van der Waals surface area contributed by atoms with Gasteiger partial charge in [0.1, 0.15) is 24.7 Å². The number of rotatable bonds is 5. The molecular weight excluding hydrogens is 256 g/mol. The van der Waals surface area contributed by atoms with Crippen molar-refractivity contribution >= 4 is 16.7 Å². The van der Waals surface area contributed by atoms with Crippen LogP contribution in [-0.4, -0.2) is 24.3 Å². The van der Waals surface area contributed by atoms with E-state index in [0.29, 0.717) is 11.3 Å². The molecule has 0 saturated heterocycles. The van der Waals surface area contributed by atoms with E-state index >= 15 is 0 Å². The van der Waals surface area contributed by atoms with Crippen LogP contribution in [0.1, 0.15) is 6.92 Å². The Morgan fingerprint density at radius 3 is 2.75 bits per heavy atom. The number of carbonyl (C=O) groups is 1. The molecule has 0 aromatic heterocycles. The molecule has 0 amide bonds. The molecule has 0 aliphatic carbocycles. The number of benzene rings is 2. The molecule has 0 fully saturated rings. The van der Waals surface area contributed by atoms with E-state index in [2.05, 4.69) is 6.58 Å². The fraction of sp³-hybridized carbons (Fsp3) is 0.188. The molecule has 1 N–H and O–H groups in total. The first-order valence-corrected chi connectivity index (χ1v) is 6.25. The maximum Gasteiger partial charge on any atom is 0.333 e. The molecule has 0 spiro atoms. The predicted octanol–water partition coefficient (Wildman–Crippen LogP) is 3.04. The Hall–Kier alpha value is -2.49. The van der Waals surface area contributed by atoms with Crippen molar-refractivity contribution < 1.29 is 19.4 Å². The van der Waals surface area contributed by atoms with Gasteiger partial charge in [0.05, 0.1) is 0 Å². The zero-order valence-electron chi connectivity index (χ0n) is 11.3. The number of hydrogen-bond donors (Lipinski definition) is 1. The summed E-state index contributed by atoms with van der Waals surface area (Å²) >= 11 is 0. The van der Waals surface area contributed by atoms with Crippen LogP contribution in [0.15, 0.2) is 48.6 Å². The van der Waals surface area contributed by atoms with Crippen LogP contribution in [0.2, 0.25) is 0 Å². The summed E-state index contributed by atoms with van der Waals surface area (Å²) in [5, 5.41) is 11.4. The van der Waals surface area contributed by atoms with Crippen molar-refractivity contribution in [3.8, 4) is 11.5 Å². The number of phenols is 1. The third kappa shape index (κ3) is 3.29. The van der Waals surface area contributed by atoms with Crippen LogP contribution in [0, 0.1) is 0 Å². The molecule has 20 heavy (non-hydrogen) atoms. The Labute approximate surface area is 117 Å². The van der Waals surface area contributed by atoms with Gasteiger partial charge in [-0.25, -0.2) is 4.79 Å². The number of carbonyl (C=O) groups excluding carboxylic acids is 1. The minimum Gasteiger partial charge on any atom is -0.508 e. The second kappa shape index (κ2) is 6.10. The molecule has 0 bridgehead atoms. The average molecular weight is 272 g/mol. The van der Waals surface area contributed by atoms with Crippen LogP contribution >= 0.6 is 0 Å². The summed E-state index contributed by atoms with van der Waals surface area (Å²) in [6.45, 7) is 5.43. The molecule has 0 aliphatic rings. The lowest BCUT2D eigenvalue weighted by atomic mass is 10.1. The van der Waals surface area contributed by atoms with E-state index in [-0.39, 0.29) is 19.0 Å². The highest BCUT2D eigenvalue weighted by Crippen LogP contribution is 2.30. The van der Waals surface area contributed by atoms with Crippen LogP contribution < -0.4 is 4.74 Å². The van der Waals surface area contributed by atoms with E-state index in [0.717, 1.165) is 10.8 Å². The van der Waals surface area contributed by atoms with Gasteiger partial charge in [-0.05, 0) is 18.4 Å². The standard InChI is InChI=1S/C16H16O4/c1-11(2)16(18)20-8-7-19-15-10-13(17)9-12-5-3-4-6-14(12)15/h3-6,9-10,17H,1,7-8H2,2H3. The van der Waals surface area contributed by atoms with Crippen molar-refractivity contribution in [3.05, 3.63) is 48.6 Å². The molecule has 0 heterocycles. The van der Waals surface area contributed by atoms with E-state index in [9.17, 15) is 9.90 Å². The van der Waals surface area contributed by atoms with E-state index in [1.807, 2.05) is 24.3 Å². The zero-order valence-corrected chi connectivity index (χ0v) is 11.3. The lowest BCUT2D eigenvalue weighted by Gasteiger charge is -2.10. The van der Waals surface area contributed by atoms with Crippen LogP contribution in [0.5, 0.6) is 11.5 Å². The van der Waals surface area contributed by atoms with Crippen molar-refractivity contribution in [2.24, 2.45) is 0 Å². The molecular formula is C16H16O4. The highest BCUT2D eigenvalue weighted by molar-refractivity contribution is 5.89. The van der Waals surface area contributed by atoms with Gasteiger partial charge in [0, 0.05) is 17.0 Å². The van der Waals surface area contributed by atoms with Gasteiger partial charge in [0.2, 0.25) is 0 Å². The zero-order chi connectivity index (χ0) is 14.5. The van der Waals surface area contributed by atoms with E-state index < -0.39 is 5.97 Å². The number of ether oxygens (including phenoxy) is 2. The molecule has 2 rings (SSSR count). The first-order valence-electron chi connectivity index (χ1n) is 6.25. The number of phenolic OH excluding ortho intramolecular Hbond substituents is 1. The summed E-state index contributed by atoms with van der Waals surface area (Å²) in [5.41, 5.74) is 0.354. The normalized spacial score (nSPS) is 10.2. The number of fused-ring (bicyclic) bond motifs is 1. The quantitative estimate of drug-likeness (QED) is 0.516. The third-order valence-electron chi connectivity index (χ3n) is 2.73. The van der Waals surface area contributed by atoms with Gasteiger partial charge < -0.3 is 14.6 Å². The molecule has 4 nitrogen and oxygen atoms in total. The van der Waals surface area contributed by atoms with Gasteiger partial charge in [-0.15, -0.1) is 0 Å². The van der Waals surface area contributed by atoms with Gasteiger partial charge in [0.15, 0.2) is 0 Å². The van der Waals surface area contributed by atoms with Crippen LogP contribution in [0.3, 0.4) is 0 Å². The SMILES string of the molecule is C=C(C)C(=O)OCCOc1cc(O)cc2ccccc12. The Bertz CT molecular complexity index is 646. The second-order valence-corrected chi connectivity index (χ2v) is 4.43. The molecule has 2 aromatic rings. The van der Waals surface area contributed by atoms with Crippen molar-refractivity contribution in [2.45, 2.75) is 6.92 Å². The van der Waals surface area contributed by atoms with Crippen molar-refractivity contribution in [1.29, 1.82) is 0 Å². The molecule has 0 radical (unpaired) electrons. The van der Waals surface area contributed by atoms with E-state index in [4.69, 9.17) is 9.47 Å². The number of esters is 1. The van der Waals surface area contributed by atoms with Gasteiger partial charge in [0.25, 0.3) is 0 Å². The highest BCUT2D eigenvalue weighted by atomic mass is 16.6. The topological polar surface area (TPSA) is 55.8 Å². The Morgan fingerprint density at radius 1 is 1.25 bits per heavy atom. The summed E-state index contributed by atoms with van der Waals surface area (Å²) in [6, 6.07) is 10.8. The van der Waals surface area contributed by atoms with Crippen molar-refractivity contribution in [2.75, 3.05) is 13.2 Å². The Balaban J connectivity index is 2.03. The lowest BCUT2D eigenvalue weighted by molar-refractivity contribution is -0.139. The van der Waals surface area contributed by atoms with E-state index in [1.54, 1.807) is 19.1 Å². The number of hydrogen-bond acceptors (Lipinski definition) is 4. The lowest BCUT2D eigenvalue weighted by Crippen LogP contribution is -2.12. The maximum atomic E-state index is 11.2. The first-order chi connectivity index (χ1) is 9.58. The minimum atomic E-state index is -0.436.